The lowest BCUT2D eigenvalue weighted by Crippen LogP contribution is -2.11. The second-order valence-corrected chi connectivity index (χ2v) is 3.40. The second-order valence-electron chi connectivity index (χ2n) is 3.40. The molecule has 0 radical (unpaired) electrons. The number of anilines is 1. The molecular formula is C9H15N3. The van der Waals surface area contributed by atoms with E-state index in [9.17, 15) is 0 Å². The zero-order valence-corrected chi connectivity index (χ0v) is 8.07. The summed E-state index contributed by atoms with van der Waals surface area (Å²) in [5.41, 5.74) is 1.23. The zero-order valence-electron chi connectivity index (χ0n) is 8.07. The third-order valence-electron chi connectivity index (χ3n) is 1.79. The molecule has 1 aromatic heterocycles. The van der Waals surface area contributed by atoms with Crippen LogP contribution in [0.5, 0.6) is 0 Å². The Morgan fingerprint density at radius 3 is 2.50 bits per heavy atom. The molecule has 0 N–H and O–H groups in total. The van der Waals surface area contributed by atoms with Gasteiger partial charge in [-0.3, -0.25) is 0 Å². The van der Waals surface area contributed by atoms with Crippen molar-refractivity contribution in [2.75, 3.05) is 19.0 Å². The van der Waals surface area contributed by atoms with Crippen LogP contribution in [0.25, 0.3) is 0 Å². The van der Waals surface area contributed by atoms with Crippen LogP contribution in [0.2, 0.25) is 0 Å². The molecular weight excluding hydrogens is 150 g/mol. The van der Waals surface area contributed by atoms with Gasteiger partial charge in [0, 0.05) is 14.1 Å². The number of aromatic nitrogens is 2. The van der Waals surface area contributed by atoms with Crippen LogP contribution in [-0.4, -0.2) is 24.3 Å². The molecule has 0 fully saturated rings. The van der Waals surface area contributed by atoms with Crippen molar-refractivity contribution in [3.05, 3.63) is 17.8 Å². The monoisotopic (exact) mass is 165 g/mol. The maximum absolute atomic E-state index is 4.00. The van der Waals surface area contributed by atoms with Gasteiger partial charge in [-0.2, -0.15) is 5.10 Å². The van der Waals surface area contributed by atoms with Gasteiger partial charge in [0.15, 0.2) is 5.82 Å². The SMILES string of the molecule is CC(C)c1cnnc(N(C)C)c1. The normalized spacial score (nSPS) is 10.4. The van der Waals surface area contributed by atoms with E-state index >= 15 is 0 Å². The quantitative estimate of drug-likeness (QED) is 0.667. The highest BCUT2D eigenvalue weighted by molar-refractivity contribution is 5.38. The second kappa shape index (κ2) is 3.52. The highest BCUT2D eigenvalue weighted by atomic mass is 15.2. The maximum Gasteiger partial charge on any atom is 0.150 e. The summed E-state index contributed by atoms with van der Waals surface area (Å²) in [6.07, 6.45) is 1.82. The van der Waals surface area contributed by atoms with Crippen LogP contribution in [0.4, 0.5) is 5.82 Å². The van der Waals surface area contributed by atoms with Gasteiger partial charge in [0.05, 0.1) is 6.20 Å². The van der Waals surface area contributed by atoms with E-state index in [1.165, 1.54) is 5.56 Å². The van der Waals surface area contributed by atoms with Crippen LogP contribution in [0, 0.1) is 0 Å². The first-order valence-electron chi connectivity index (χ1n) is 4.11. The van der Waals surface area contributed by atoms with Crippen molar-refractivity contribution in [3.8, 4) is 0 Å². The summed E-state index contributed by atoms with van der Waals surface area (Å²) in [5.74, 6) is 1.43. The minimum absolute atomic E-state index is 0.513. The molecule has 0 aliphatic carbocycles. The summed E-state index contributed by atoms with van der Waals surface area (Å²) in [7, 11) is 3.93. The van der Waals surface area contributed by atoms with Crippen LogP contribution < -0.4 is 4.90 Å². The largest absolute Gasteiger partial charge is 0.361 e. The van der Waals surface area contributed by atoms with Crippen molar-refractivity contribution in [2.45, 2.75) is 19.8 Å². The predicted molar refractivity (Wildman–Crippen MR) is 50.4 cm³/mol. The Morgan fingerprint density at radius 2 is 2.00 bits per heavy atom. The first kappa shape index (κ1) is 8.97. The fraction of sp³-hybridized carbons (Fsp3) is 0.556. The molecule has 0 bridgehead atoms. The molecule has 3 nitrogen and oxygen atoms in total. The van der Waals surface area contributed by atoms with E-state index in [2.05, 4.69) is 30.1 Å². The van der Waals surface area contributed by atoms with E-state index in [1.807, 2.05) is 25.2 Å². The van der Waals surface area contributed by atoms with Gasteiger partial charge in [0.1, 0.15) is 0 Å². The molecule has 0 saturated carbocycles. The molecule has 0 saturated heterocycles. The van der Waals surface area contributed by atoms with Crippen molar-refractivity contribution in [1.29, 1.82) is 0 Å². The molecule has 3 heteroatoms. The van der Waals surface area contributed by atoms with E-state index in [-0.39, 0.29) is 0 Å². The molecule has 0 aromatic carbocycles. The number of hydrogen-bond acceptors (Lipinski definition) is 3. The molecule has 0 unspecified atom stereocenters. The van der Waals surface area contributed by atoms with E-state index in [0.29, 0.717) is 5.92 Å². The van der Waals surface area contributed by atoms with Gasteiger partial charge in [-0.05, 0) is 17.5 Å². The highest BCUT2D eigenvalue weighted by Crippen LogP contribution is 2.15. The van der Waals surface area contributed by atoms with Crippen LogP contribution >= 0.6 is 0 Å². The first-order chi connectivity index (χ1) is 5.61. The van der Waals surface area contributed by atoms with Gasteiger partial charge in [0.2, 0.25) is 0 Å². The highest BCUT2D eigenvalue weighted by Gasteiger charge is 2.02. The van der Waals surface area contributed by atoms with Crippen LogP contribution in [-0.2, 0) is 0 Å². The van der Waals surface area contributed by atoms with E-state index in [4.69, 9.17) is 0 Å². The van der Waals surface area contributed by atoms with Crippen molar-refractivity contribution >= 4 is 5.82 Å². The van der Waals surface area contributed by atoms with E-state index in [0.717, 1.165) is 5.82 Å². The molecule has 66 valence electrons. The van der Waals surface area contributed by atoms with Gasteiger partial charge < -0.3 is 4.90 Å². The lowest BCUT2D eigenvalue weighted by Gasteiger charge is -2.12. The molecule has 1 rings (SSSR count). The lowest BCUT2D eigenvalue weighted by molar-refractivity contribution is 0.834. The summed E-state index contributed by atoms with van der Waals surface area (Å²) in [4.78, 5) is 1.96. The molecule has 1 heterocycles. The van der Waals surface area contributed by atoms with Gasteiger partial charge >= 0.3 is 0 Å². The first-order valence-corrected chi connectivity index (χ1v) is 4.11. The summed E-state index contributed by atoms with van der Waals surface area (Å²) in [6, 6.07) is 2.07. The van der Waals surface area contributed by atoms with Gasteiger partial charge in [-0.15, -0.1) is 5.10 Å². The minimum atomic E-state index is 0.513. The number of hydrogen-bond donors (Lipinski definition) is 0. The van der Waals surface area contributed by atoms with Crippen molar-refractivity contribution < 1.29 is 0 Å². The average molecular weight is 165 g/mol. The molecule has 0 spiro atoms. The van der Waals surface area contributed by atoms with Crippen LogP contribution in [0.15, 0.2) is 12.3 Å². The summed E-state index contributed by atoms with van der Waals surface area (Å²) >= 11 is 0. The third-order valence-corrected chi connectivity index (χ3v) is 1.79. The van der Waals surface area contributed by atoms with Gasteiger partial charge in [-0.25, -0.2) is 0 Å². The Balaban J connectivity index is 2.96. The summed E-state index contributed by atoms with van der Waals surface area (Å²) in [6.45, 7) is 4.30. The number of rotatable bonds is 2. The zero-order chi connectivity index (χ0) is 9.14. The Bertz CT molecular complexity index is 232. The Kier molecular flexibility index (Phi) is 2.63. The number of nitrogens with zero attached hydrogens (tertiary/aromatic N) is 3. The third kappa shape index (κ3) is 1.94. The standard InChI is InChI=1S/C9H15N3/c1-7(2)8-5-9(12(3)4)11-10-6-8/h5-7H,1-4H3. The maximum atomic E-state index is 4.00. The topological polar surface area (TPSA) is 29.0 Å². The van der Waals surface area contributed by atoms with Crippen molar-refractivity contribution in [3.63, 3.8) is 0 Å². The summed E-state index contributed by atoms with van der Waals surface area (Å²) < 4.78 is 0. The predicted octanol–water partition coefficient (Wildman–Crippen LogP) is 1.67. The van der Waals surface area contributed by atoms with Crippen molar-refractivity contribution in [1.82, 2.24) is 10.2 Å². The fourth-order valence-corrected chi connectivity index (χ4v) is 0.904. The molecule has 0 amide bonds. The molecule has 0 aliphatic rings. The Morgan fingerprint density at radius 1 is 1.33 bits per heavy atom. The Labute approximate surface area is 73.4 Å². The van der Waals surface area contributed by atoms with Gasteiger partial charge in [0.25, 0.3) is 0 Å². The Hall–Kier alpha value is -1.12. The molecule has 1 aromatic rings. The summed E-state index contributed by atoms with van der Waals surface area (Å²) in [5, 5.41) is 7.93. The average Bonchev–Trinajstić information content (AvgIpc) is 2.04. The molecule has 0 atom stereocenters. The molecule has 0 aliphatic heterocycles. The van der Waals surface area contributed by atoms with E-state index < -0.39 is 0 Å². The van der Waals surface area contributed by atoms with Gasteiger partial charge in [-0.1, -0.05) is 13.8 Å². The lowest BCUT2D eigenvalue weighted by atomic mass is 10.1. The fourth-order valence-electron chi connectivity index (χ4n) is 0.904. The molecule has 12 heavy (non-hydrogen) atoms. The van der Waals surface area contributed by atoms with Crippen molar-refractivity contribution in [2.24, 2.45) is 0 Å². The smallest absolute Gasteiger partial charge is 0.150 e. The van der Waals surface area contributed by atoms with E-state index in [1.54, 1.807) is 0 Å². The van der Waals surface area contributed by atoms with Crippen LogP contribution in [0.1, 0.15) is 25.3 Å². The minimum Gasteiger partial charge on any atom is -0.361 e. The van der Waals surface area contributed by atoms with Crippen LogP contribution in [0.3, 0.4) is 0 Å².